The molecule has 1 aromatic heterocycles. The van der Waals surface area contributed by atoms with Gasteiger partial charge in [0.1, 0.15) is 0 Å². The molecule has 1 aromatic carbocycles. The van der Waals surface area contributed by atoms with Crippen LogP contribution in [0, 0.1) is 0 Å². The SMILES string of the molecule is CC1OCCNC1c1c[nH]c2ccccc12. The first-order valence-corrected chi connectivity index (χ1v) is 5.77. The maximum atomic E-state index is 5.69. The first-order valence-electron chi connectivity index (χ1n) is 5.77. The fourth-order valence-corrected chi connectivity index (χ4v) is 2.44. The minimum absolute atomic E-state index is 0.230. The van der Waals surface area contributed by atoms with Crippen molar-refractivity contribution in [3.05, 3.63) is 36.0 Å². The van der Waals surface area contributed by atoms with Gasteiger partial charge in [0.05, 0.1) is 18.8 Å². The van der Waals surface area contributed by atoms with Crippen LogP contribution in [0.1, 0.15) is 18.5 Å². The zero-order valence-corrected chi connectivity index (χ0v) is 9.36. The topological polar surface area (TPSA) is 37.0 Å². The van der Waals surface area contributed by atoms with Crippen LogP contribution in [0.15, 0.2) is 30.5 Å². The van der Waals surface area contributed by atoms with Gasteiger partial charge in [-0.05, 0) is 18.6 Å². The van der Waals surface area contributed by atoms with Crippen LogP contribution in [-0.2, 0) is 4.74 Å². The van der Waals surface area contributed by atoms with Gasteiger partial charge in [0.25, 0.3) is 0 Å². The number of benzene rings is 1. The number of hydrogen-bond acceptors (Lipinski definition) is 2. The summed E-state index contributed by atoms with van der Waals surface area (Å²) < 4.78 is 5.69. The molecule has 0 spiro atoms. The fraction of sp³-hybridized carbons (Fsp3) is 0.385. The highest BCUT2D eigenvalue weighted by Crippen LogP contribution is 2.28. The molecule has 84 valence electrons. The number of aromatic nitrogens is 1. The highest BCUT2D eigenvalue weighted by Gasteiger charge is 2.25. The Hall–Kier alpha value is -1.32. The monoisotopic (exact) mass is 216 g/mol. The molecule has 2 unspecified atom stereocenters. The number of fused-ring (bicyclic) bond motifs is 1. The molecule has 2 aromatic rings. The normalized spacial score (nSPS) is 26.1. The fourth-order valence-electron chi connectivity index (χ4n) is 2.44. The van der Waals surface area contributed by atoms with Crippen molar-refractivity contribution in [2.45, 2.75) is 19.1 Å². The Morgan fingerprint density at radius 1 is 1.31 bits per heavy atom. The molecule has 0 bridgehead atoms. The smallest absolute Gasteiger partial charge is 0.0743 e. The van der Waals surface area contributed by atoms with Crippen molar-refractivity contribution in [3.63, 3.8) is 0 Å². The average Bonchev–Trinajstić information content (AvgIpc) is 2.74. The van der Waals surface area contributed by atoms with E-state index in [1.165, 1.54) is 16.5 Å². The third-order valence-corrected chi connectivity index (χ3v) is 3.27. The van der Waals surface area contributed by atoms with Crippen molar-refractivity contribution < 1.29 is 4.74 Å². The molecular weight excluding hydrogens is 200 g/mol. The Morgan fingerprint density at radius 3 is 3.06 bits per heavy atom. The molecule has 0 aliphatic carbocycles. The first kappa shape index (κ1) is 9.87. The maximum Gasteiger partial charge on any atom is 0.0743 e. The number of aromatic amines is 1. The van der Waals surface area contributed by atoms with Crippen molar-refractivity contribution in [1.82, 2.24) is 10.3 Å². The number of para-hydroxylation sites is 1. The number of morpholine rings is 1. The second-order valence-corrected chi connectivity index (χ2v) is 4.30. The van der Waals surface area contributed by atoms with Gasteiger partial charge in [0.15, 0.2) is 0 Å². The van der Waals surface area contributed by atoms with E-state index < -0.39 is 0 Å². The van der Waals surface area contributed by atoms with Crippen molar-refractivity contribution in [3.8, 4) is 0 Å². The number of hydrogen-bond donors (Lipinski definition) is 2. The lowest BCUT2D eigenvalue weighted by Gasteiger charge is -2.30. The minimum atomic E-state index is 0.230. The predicted molar refractivity (Wildman–Crippen MR) is 64.5 cm³/mol. The lowest BCUT2D eigenvalue weighted by Crippen LogP contribution is -2.40. The molecule has 16 heavy (non-hydrogen) atoms. The second-order valence-electron chi connectivity index (χ2n) is 4.30. The molecule has 3 rings (SSSR count). The minimum Gasteiger partial charge on any atom is -0.375 e. The molecule has 3 heteroatoms. The zero-order chi connectivity index (χ0) is 11.0. The van der Waals surface area contributed by atoms with Crippen LogP contribution in [0.2, 0.25) is 0 Å². The van der Waals surface area contributed by atoms with E-state index in [1.807, 2.05) is 0 Å². The average molecular weight is 216 g/mol. The van der Waals surface area contributed by atoms with Crippen LogP contribution in [0.3, 0.4) is 0 Å². The molecule has 0 radical (unpaired) electrons. The maximum absolute atomic E-state index is 5.69. The molecular formula is C13H16N2O. The molecule has 2 N–H and O–H groups in total. The van der Waals surface area contributed by atoms with Crippen molar-refractivity contribution in [2.24, 2.45) is 0 Å². The standard InChI is InChI=1S/C13H16N2O/c1-9-13(14-6-7-16-9)11-8-15-12-5-3-2-4-10(11)12/h2-5,8-9,13-15H,6-7H2,1H3. The largest absolute Gasteiger partial charge is 0.375 e. The Labute approximate surface area is 94.8 Å². The van der Waals surface area contributed by atoms with E-state index in [2.05, 4.69) is 47.7 Å². The van der Waals surface area contributed by atoms with E-state index in [-0.39, 0.29) is 6.10 Å². The first-order chi connectivity index (χ1) is 7.86. The number of ether oxygens (including phenoxy) is 1. The number of nitrogens with one attached hydrogen (secondary N) is 2. The lowest BCUT2D eigenvalue weighted by atomic mass is 10.0. The van der Waals surface area contributed by atoms with Gasteiger partial charge in [-0.1, -0.05) is 18.2 Å². The Bertz CT molecular complexity index is 491. The molecule has 3 nitrogen and oxygen atoms in total. The Kier molecular flexibility index (Phi) is 2.42. The summed E-state index contributed by atoms with van der Waals surface area (Å²) in [4.78, 5) is 3.31. The van der Waals surface area contributed by atoms with Gasteiger partial charge in [0.2, 0.25) is 0 Å². The van der Waals surface area contributed by atoms with Crippen LogP contribution in [0.5, 0.6) is 0 Å². The lowest BCUT2D eigenvalue weighted by molar-refractivity contribution is 0.00795. The van der Waals surface area contributed by atoms with Crippen molar-refractivity contribution in [2.75, 3.05) is 13.2 Å². The third-order valence-electron chi connectivity index (χ3n) is 3.27. The Balaban J connectivity index is 2.04. The van der Waals surface area contributed by atoms with Gasteiger partial charge in [-0.3, -0.25) is 0 Å². The van der Waals surface area contributed by atoms with Crippen LogP contribution < -0.4 is 5.32 Å². The van der Waals surface area contributed by atoms with Gasteiger partial charge in [-0.25, -0.2) is 0 Å². The van der Waals surface area contributed by atoms with Gasteiger partial charge in [0, 0.05) is 23.6 Å². The summed E-state index contributed by atoms with van der Waals surface area (Å²) in [6, 6.07) is 8.69. The summed E-state index contributed by atoms with van der Waals surface area (Å²) in [5, 5.41) is 4.81. The van der Waals surface area contributed by atoms with E-state index in [9.17, 15) is 0 Å². The van der Waals surface area contributed by atoms with Crippen molar-refractivity contribution in [1.29, 1.82) is 0 Å². The van der Waals surface area contributed by atoms with Gasteiger partial charge >= 0.3 is 0 Å². The summed E-state index contributed by atoms with van der Waals surface area (Å²) in [6.45, 7) is 3.85. The van der Waals surface area contributed by atoms with E-state index in [0.29, 0.717) is 6.04 Å². The van der Waals surface area contributed by atoms with E-state index in [4.69, 9.17) is 4.74 Å². The van der Waals surface area contributed by atoms with Gasteiger partial charge in [-0.15, -0.1) is 0 Å². The highest BCUT2D eigenvalue weighted by molar-refractivity contribution is 5.83. The molecule has 1 saturated heterocycles. The molecule has 1 aliphatic heterocycles. The van der Waals surface area contributed by atoms with Gasteiger partial charge < -0.3 is 15.0 Å². The predicted octanol–water partition coefficient (Wildman–Crippen LogP) is 2.22. The summed E-state index contributed by atoms with van der Waals surface area (Å²) in [7, 11) is 0. The van der Waals surface area contributed by atoms with Crippen LogP contribution >= 0.6 is 0 Å². The Morgan fingerprint density at radius 2 is 2.19 bits per heavy atom. The van der Waals surface area contributed by atoms with Crippen LogP contribution in [0.25, 0.3) is 10.9 Å². The highest BCUT2D eigenvalue weighted by atomic mass is 16.5. The summed E-state index contributed by atoms with van der Waals surface area (Å²) in [5.41, 5.74) is 2.50. The van der Waals surface area contributed by atoms with Gasteiger partial charge in [-0.2, -0.15) is 0 Å². The molecule has 1 fully saturated rings. The number of H-pyrrole nitrogens is 1. The second kappa shape index (κ2) is 3.92. The summed E-state index contributed by atoms with van der Waals surface area (Å²) in [5.74, 6) is 0. The third kappa shape index (κ3) is 1.52. The summed E-state index contributed by atoms with van der Waals surface area (Å²) in [6.07, 6.45) is 2.32. The molecule has 2 heterocycles. The molecule has 2 atom stereocenters. The quantitative estimate of drug-likeness (QED) is 0.767. The van der Waals surface area contributed by atoms with Crippen LogP contribution in [0.4, 0.5) is 0 Å². The molecule has 0 saturated carbocycles. The number of rotatable bonds is 1. The van der Waals surface area contributed by atoms with E-state index >= 15 is 0 Å². The molecule has 0 amide bonds. The zero-order valence-electron chi connectivity index (χ0n) is 9.36. The van der Waals surface area contributed by atoms with Crippen molar-refractivity contribution >= 4 is 10.9 Å². The van der Waals surface area contributed by atoms with Crippen LogP contribution in [-0.4, -0.2) is 24.2 Å². The molecule has 1 aliphatic rings. The van der Waals surface area contributed by atoms with E-state index in [0.717, 1.165) is 13.2 Å². The summed E-state index contributed by atoms with van der Waals surface area (Å²) >= 11 is 0. The van der Waals surface area contributed by atoms with E-state index in [1.54, 1.807) is 0 Å².